The highest BCUT2D eigenvalue weighted by Gasteiger charge is 2.36. The first-order valence-electron chi connectivity index (χ1n) is 11.4. The molecule has 0 aromatic heterocycles. The molecule has 1 saturated heterocycles. The number of imide groups is 1. The van der Waals surface area contributed by atoms with E-state index in [-0.39, 0.29) is 17.2 Å². The Morgan fingerprint density at radius 1 is 1.08 bits per heavy atom. The molecule has 0 bridgehead atoms. The molecule has 3 amide bonds. The van der Waals surface area contributed by atoms with Crippen molar-refractivity contribution in [3.63, 3.8) is 0 Å². The van der Waals surface area contributed by atoms with Crippen molar-refractivity contribution in [2.45, 2.75) is 13.5 Å². The second-order valence-corrected chi connectivity index (χ2v) is 9.30. The zero-order valence-corrected chi connectivity index (χ0v) is 21.3. The van der Waals surface area contributed by atoms with Crippen LogP contribution in [-0.2, 0) is 16.2 Å². The van der Waals surface area contributed by atoms with Crippen molar-refractivity contribution in [3.05, 3.63) is 98.4 Å². The molecule has 0 atom stereocenters. The summed E-state index contributed by atoms with van der Waals surface area (Å²) in [6.45, 7) is 1.61. The Morgan fingerprint density at radius 2 is 1.84 bits per heavy atom. The molecule has 1 N–H and O–H groups in total. The van der Waals surface area contributed by atoms with Gasteiger partial charge in [-0.1, -0.05) is 35.9 Å². The molecule has 3 aromatic carbocycles. The number of amides is 3. The van der Waals surface area contributed by atoms with Crippen LogP contribution in [0.25, 0.3) is 6.08 Å². The maximum atomic E-state index is 12.8. The topological polar surface area (TPSA) is 128 Å². The lowest BCUT2D eigenvalue weighted by Crippen LogP contribution is -2.36. The largest absolute Gasteiger partial charge is 0.493 e. The van der Waals surface area contributed by atoms with E-state index in [0.717, 1.165) is 22.2 Å². The number of carbonyl (C=O) groups excluding carboxylic acids is 3. The quantitative estimate of drug-likeness (QED) is 0.227. The lowest BCUT2D eigenvalue weighted by Gasteiger charge is -2.13. The Morgan fingerprint density at radius 3 is 2.55 bits per heavy atom. The van der Waals surface area contributed by atoms with Gasteiger partial charge < -0.3 is 14.8 Å². The Labute approximate surface area is 222 Å². The first-order valence-corrected chi connectivity index (χ1v) is 12.2. The molecule has 0 aliphatic carbocycles. The number of thioether (sulfide) groups is 1. The van der Waals surface area contributed by atoms with E-state index in [9.17, 15) is 24.5 Å². The predicted octanol–water partition coefficient (Wildman–Crippen LogP) is 5.17. The number of hydrogen-bond donors (Lipinski definition) is 1. The number of nitrogens with one attached hydrogen (secondary N) is 1. The molecule has 0 saturated carbocycles. The summed E-state index contributed by atoms with van der Waals surface area (Å²) >= 11 is 0.747. The van der Waals surface area contributed by atoms with E-state index in [1.807, 2.05) is 19.1 Å². The summed E-state index contributed by atoms with van der Waals surface area (Å²) in [4.78, 5) is 49.3. The first-order chi connectivity index (χ1) is 18.2. The van der Waals surface area contributed by atoms with Crippen molar-refractivity contribution in [2.24, 2.45) is 0 Å². The highest BCUT2D eigenvalue weighted by atomic mass is 32.2. The van der Waals surface area contributed by atoms with Gasteiger partial charge in [-0.15, -0.1) is 0 Å². The summed E-state index contributed by atoms with van der Waals surface area (Å²) in [7, 11) is 1.46. The standard InChI is InChI=1S/C27H23N3O7S/c1-17-6-9-20(10-7-17)28-25(31)15-29-26(32)24(38-27(29)33)14-18-8-11-22(23(13-18)36-2)37-16-19-4-3-5-21(12-19)30(34)35/h3-14H,15-16H2,1-2H3,(H,28,31)/b24-14+. The van der Waals surface area contributed by atoms with Crippen LogP contribution in [-0.4, -0.2) is 40.5 Å². The van der Waals surface area contributed by atoms with Gasteiger partial charge in [-0.05, 0) is 60.2 Å². The smallest absolute Gasteiger partial charge is 0.294 e. The monoisotopic (exact) mass is 533 g/mol. The van der Waals surface area contributed by atoms with Crippen molar-refractivity contribution in [1.29, 1.82) is 0 Å². The first kappa shape index (κ1) is 26.4. The number of nitro groups is 1. The molecule has 3 aromatic rings. The summed E-state index contributed by atoms with van der Waals surface area (Å²) in [5.74, 6) is -0.272. The van der Waals surface area contributed by atoms with Crippen LogP contribution in [0.3, 0.4) is 0 Å². The number of anilines is 1. The van der Waals surface area contributed by atoms with Gasteiger partial charge in [-0.3, -0.25) is 29.4 Å². The number of hydrogen-bond acceptors (Lipinski definition) is 8. The number of ether oxygens (including phenoxy) is 2. The molecule has 1 aliphatic heterocycles. The second kappa shape index (κ2) is 11.6. The molecule has 38 heavy (non-hydrogen) atoms. The van der Waals surface area contributed by atoms with E-state index >= 15 is 0 Å². The third-order valence-corrected chi connectivity index (χ3v) is 6.42. The van der Waals surface area contributed by atoms with Gasteiger partial charge in [-0.25, -0.2) is 0 Å². The lowest BCUT2D eigenvalue weighted by atomic mass is 10.1. The van der Waals surface area contributed by atoms with Gasteiger partial charge in [0.2, 0.25) is 5.91 Å². The number of nitro benzene ring substituents is 1. The number of benzene rings is 3. The average Bonchev–Trinajstić information content (AvgIpc) is 3.16. The van der Waals surface area contributed by atoms with Crippen LogP contribution < -0.4 is 14.8 Å². The van der Waals surface area contributed by atoms with Gasteiger partial charge >= 0.3 is 0 Å². The van der Waals surface area contributed by atoms with Crippen LogP contribution in [0, 0.1) is 17.0 Å². The molecule has 11 heteroatoms. The van der Waals surface area contributed by atoms with Gasteiger partial charge in [0.25, 0.3) is 16.8 Å². The molecule has 194 valence electrons. The number of rotatable bonds is 9. The molecule has 10 nitrogen and oxygen atoms in total. The molecule has 0 unspecified atom stereocenters. The fourth-order valence-corrected chi connectivity index (χ4v) is 4.42. The van der Waals surface area contributed by atoms with Gasteiger partial charge in [0.1, 0.15) is 13.2 Å². The number of methoxy groups -OCH3 is 1. The van der Waals surface area contributed by atoms with E-state index in [2.05, 4.69) is 5.32 Å². The number of non-ortho nitro benzene ring substituents is 1. The normalized spacial score (nSPS) is 14.1. The van der Waals surface area contributed by atoms with E-state index in [4.69, 9.17) is 9.47 Å². The maximum Gasteiger partial charge on any atom is 0.294 e. The molecular weight excluding hydrogens is 510 g/mol. The molecule has 1 heterocycles. The van der Waals surface area contributed by atoms with Crippen LogP contribution >= 0.6 is 11.8 Å². The van der Waals surface area contributed by atoms with Gasteiger partial charge in [0.15, 0.2) is 11.5 Å². The highest BCUT2D eigenvalue weighted by Crippen LogP contribution is 2.35. The summed E-state index contributed by atoms with van der Waals surface area (Å²) in [6, 6.07) is 18.3. The van der Waals surface area contributed by atoms with Crippen LogP contribution in [0.4, 0.5) is 16.2 Å². The van der Waals surface area contributed by atoms with Gasteiger partial charge in [0, 0.05) is 17.8 Å². The Kier molecular flexibility index (Phi) is 8.07. The Hall–Kier alpha value is -4.64. The fraction of sp³-hybridized carbons (Fsp3) is 0.148. The minimum Gasteiger partial charge on any atom is -0.493 e. The van der Waals surface area contributed by atoms with Crippen LogP contribution in [0.2, 0.25) is 0 Å². The minimum atomic E-state index is -0.566. The molecule has 1 fully saturated rings. The minimum absolute atomic E-state index is 0.0324. The van der Waals surface area contributed by atoms with Crippen LogP contribution in [0.15, 0.2) is 71.6 Å². The van der Waals surface area contributed by atoms with Gasteiger partial charge in [-0.2, -0.15) is 0 Å². The highest BCUT2D eigenvalue weighted by molar-refractivity contribution is 8.18. The molecule has 4 rings (SSSR count). The van der Waals surface area contributed by atoms with Crippen LogP contribution in [0.1, 0.15) is 16.7 Å². The predicted molar refractivity (Wildman–Crippen MR) is 143 cm³/mol. The Bertz CT molecular complexity index is 1440. The lowest BCUT2D eigenvalue weighted by molar-refractivity contribution is -0.384. The van der Waals surface area contributed by atoms with E-state index < -0.39 is 28.5 Å². The van der Waals surface area contributed by atoms with E-state index in [0.29, 0.717) is 28.3 Å². The summed E-state index contributed by atoms with van der Waals surface area (Å²) < 4.78 is 11.2. The molecule has 0 spiro atoms. The zero-order valence-electron chi connectivity index (χ0n) is 20.5. The van der Waals surface area contributed by atoms with E-state index in [1.54, 1.807) is 42.5 Å². The van der Waals surface area contributed by atoms with Gasteiger partial charge in [0.05, 0.1) is 16.9 Å². The molecule has 0 radical (unpaired) electrons. The van der Waals surface area contributed by atoms with Crippen molar-refractivity contribution in [1.82, 2.24) is 4.90 Å². The van der Waals surface area contributed by atoms with Crippen molar-refractivity contribution < 1.29 is 28.8 Å². The number of aryl methyl sites for hydroxylation is 1. The zero-order chi connectivity index (χ0) is 27.2. The molecule has 1 aliphatic rings. The SMILES string of the molecule is COc1cc(/C=C2/SC(=O)N(CC(=O)Nc3ccc(C)cc3)C2=O)ccc1OCc1cccc([N+](=O)[O-])c1. The average molecular weight is 534 g/mol. The fourth-order valence-electron chi connectivity index (χ4n) is 3.58. The van der Waals surface area contributed by atoms with Crippen molar-refractivity contribution in [2.75, 3.05) is 19.0 Å². The van der Waals surface area contributed by atoms with Crippen molar-refractivity contribution in [3.8, 4) is 11.5 Å². The van der Waals surface area contributed by atoms with Crippen molar-refractivity contribution >= 4 is 46.3 Å². The maximum absolute atomic E-state index is 12.8. The third kappa shape index (κ3) is 6.37. The number of nitrogens with zero attached hydrogens (tertiary/aromatic N) is 2. The summed E-state index contributed by atoms with van der Waals surface area (Å²) in [5, 5.41) is 13.1. The van der Waals surface area contributed by atoms with Crippen LogP contribution in [0.5, 0.6) is 11.5 Å². The number of carbonyl (C=O) groups is 3. The second-order valence-electron chi connectivity index (χ2n) is 8.31. The Balaban J connectivity index is 1.42. The summed E-state index contributed by atoms with van der Waals surface area (Å²) in [5.41, 5.74) is 2.78. The summed E-state index contributed by atoms with van der Waals surface area (Å²) in [6.07, 6.45) is 1.54. The third-order valence-electron chi connectivity index (χ3n) is 5.51. The van der Waals surface area contributed by atoms with E-state index in [1.165, 1.54) is 25.3 Å². The molecular formula is C27H23N3O7S.